The number of nitrogens with zero attached hydrogens (tertiary/aromatic N) is 2. The number of aryl methyl sites for hydroxylation is 2. The summed E-state index contributed by atoms with van der Waals surface area (Å²) in [5, 5.41) is 4.17. The van der Waals surface area contributed by atoms with Gasteiger partial charge in [0.2, 0.25) is 0 Å². The normalized spacial score (nSPS) is 11.9. The molecule has 0 saturated heterocycles. The summed E-state index contributed by atoms with van der Waals surface area (Å²) in [6.45, 7) is 1.87. The van der Waals surface area contributed by atoms with Gasteiger partial charge in [-0.15, -0.1) is 11.3 Å². The molecule has 0 bridgehead atoms. The SMILES string of the molecule is Cc1cn(C)nc1CS(=O)(=O)Cc1ccc(Br)s1. The first-order valence-electron chi connectivity index (χ1n) is 5.29. The molecule has 2 aromatic heterocycles. The van der Waals surface area contributed by atoms with Crippen LogP contribution in [0, 0.1) is 6.92 Å². The van der Waals surface area contributed by atoms with E-state index in [4.69, 9.17) is 0 Å². The molecule has 0 N–H and O–H groups in total. The van der Waals surface area contributed by atoms with Gasteiger partial charge in [-0.3, -0.25) is 4.68 Å². The number of hydrogen-bond donors (Lipinski definition) is 0. The van der Waals surface area contributed by atoms with Gasteiger partial charge in [0.1, 0.15) is 0 Å². The smallest absolute Gasteiger partial charge is 0.161 e. The molecule has 7 heteroatoms. The van der Waals surface area contributed by atoms with Gasteiger partial charge in [0.05, 0.1) is 21.0 Å². The van der Waals surface area contributed by atoms with E-state index in [1.54, 1.807) is 11.7 Å². The monoisotopic (exact) mass is 348 g/mol. The Morgan fingerprint density at radius 1 is 1.39 bits per heavy atom. The molecular weight excluding hydrogens is 336 g/mol. The van der Waals surface area contributed by atoms with E-state index < -0.39 is 9.84 Å². The molecule has 0 aliphatic carbocycles. The topological polar surface area (TPSA) is 52.0 Å². The Hall–Kier alpha value is -0.660. The van der Waals surface area contributed by atoms with Crippen molar-refractivity contribution in [3.63, 3.8) is 0 Å². The third-order valence-electron chi connectivity index (χ3n) is 2.46. The second kappa shape index (κ2) is 5.14. The molecule has 98 valence electrons. The molecular formula is C11H13BrN2O2S2. The molecule has 0 aromatic carbocycles. The highest BCUT2D eigenvalue weighted by Gasteiger charge is 2.17. The molecule has 2 rings (SSSR count). The van der Waals surface area contributed by atoms with Gasteiger partial charge in [-0.25, -0.2) is 8.42 Å². The zero-order chi connectivity index (χ0) is 13.3. The quantitative estimate of drug-likeness (QED) is 0.853. The van der Waals surface area contributed by atoms with Gasteiger partial charge in [0, 0.05) is 18.1 Å². The lowest BCUT2D eigenvalue weighted by atomic mass is 10.3. The maximum Gasteiger partial charge on any atom is 0.161 e. The Kier molecular flexibility index (Phi) is 3.93. The molecule has 4 nitrogen and oxygen atoms in total. The maximum absolute atomic E-state index is 12.1. The van der Waals surface area contributed by atoms with Crippen LogP contribution < -0.4 is 0 Å². The van der Waals surface area contributed by atoms with Crippen LogP contribution in [0.15, 0.2) is 22.1 Å². The summed E-state index contributed by atoms with van der Waals surface area (Å²) in [6.07, 6.45) is 1.83. The van der Waals surface area contributed by atoms with E-state index in [1.165, 1.54) is 11.3 Å². The van der Waals surface area contributed by atoms with Crippen LogP contribution in [0.4, 0.5) is 0 Å². The zero-order valence-corrected chi connectivity index (χ0v) is 13.3. The van der Waals surface area contributed by atoms with Crippen LogP contribution in [-0.2, 0) is 28.4 Å². The van der Waals surface area contributed by atoms with E-state index in [2.05, 4.69) is 21.0 Å². The Labute approximate surface area is 119 Å². The average molecular weight is 349 g/mol. The van der Waals surface area contributed by atoms with E-state index in [9.17, 15) is 8.42 Å². The predicted molar refractivity (Wildman–Crippen MR) is 76.3 cm³/mol. The van der Waals surface area contributed by atoms with Crippen LogP contribution in [-0.4, -0.2) is 18.2 Å². The lowest BCUT2D eigenvalue weighted by Gasteiger charge is -2.01. The first-order valence-corrected chi connectivity index (χ1v) is 8.72. The first-order chi connectivity index (χ1) is 8.35. The molecule has 0 saturated carbocycles. The molecule has 0 aliphatic rings. The minimum atomic E-state index is -3.17. The molecule has 2 heterocycles. The molecule has 0 amide bonds. The summed E-state index contributed by atoms with van der Waals surface area (Å²) in [5.74, 6) is 0.0640. The van der Waals surface area contributed by atoms with Crippen molar-refractivity contribution >= 4 is 37.1 Å². The van der Waals surface area contributed by atoms with Gasteiger partial charge in [-0.05, 0) is 40.5 Å². The second-order valence-corrected chi connectivity index (χ2v) is 8.78. The van der Waals surface area contributed by atoms with Crippen molar-refractivity contribution in [2.75, 3.05) is 0 Å². The molecule has 2 aromatic rings. The zero-order valence-electron chi connectivity index (χ0n) is 10.1. The number of aromatic nitrogens is 2. The molecule has 0 aliphatic heterocycles. The fourth-order valence-corrected chi connectivity index (χ4v) is 5.09. The van der Waals surface area contributed by atoms with Crippen LogP contribution >= 0.6 is 27.3 Å². The lowest BCUT2D eigenvalue weighted by molar-refractivity contribution is 0.593. The van der Waals surface area contributed by atoms with Crippen molar-refractivity contribution in [3.8, 4) is 0 Å². The van der Waals surface area contributed by atoms with Gasteiger partial charge in [0.15, 0.2) is 9.84 Å². The molecule has 0 atom stereocenters. The van der Waals surface area contributed by atoms with Crippen LogP contribution in [0.3, 0.4) is 0 Å². The average Bonchev–Trinajstić information content (AvgIpc) is 2.73. The van der Waals surface area contributed by atoms with Crippen molar-refractivity contribution in [1.29, 1.82) is 0 Å². The minimum Gasteiger partial charge on any atom is -0.275 e. The van der Waals surface area contributed by atoms with Crippen LogP contribution in [0.5, 0.6) is 0 Å². The lowest BCUT2D eigenvalue weighted by Crippen LogP contribution is -2.08. The Morgan fingerprint density at radius 2 is 2.11 bits per heavy atom. The highest BCUT2D eigenvalue weighted by Crippen LogP contribution is 2.24. The molecule has 0 spiro atoms. The van der Waals surface area contributed by atoms with Crippen LogP contribution in [0.25, 0.3) is 0 Å². The number of rotatable bonds is 4. The summed E-state index contributed by atoms with van der Waals surface area (Å²) >= 11 is 4.78. The van der Waals surface area contributed by atoms with Crippen LogP contribution in [0.2, 0.25) is 0 Å². The largest absolute Gasteiger partial charge is 0.275 e. The van der Waals surface area contributed by atoms with Gasteiger partial charge >= 0.3 is 0 Å². The minimum absolute atomic E-state index is 0.00477. The van der Waals surface area contributed by atoms with E-state index in [-0.39, 0.29) is 11.5 Å². The molecule has 18 heavy (non-hydrogen) atoms. The molecule has 0 unspecified atom stereocenters. The van der Waals surface area contributed by atoms with Crippen molar-refractivity contribution < 1.29 is 8.42 Å². The van der Waals surface area contributed by atoms with Crippen LogP contribution in [0.1, 0.15) is 16.1 Å². The van der Waals surface area contributed by atoms with Gasteiger partial charge < -0.3 is 0 Å². The third-order valence-corrected chi connectivity index (χ3v) is 5.73. The van der Waals surface area contributed by atoms with Crippen molar-refractivity contribution in [1.82, 2.24) is 9.78 Å². The van der Waals surface area contributed by atoms with E-state index in [1.807, 2.05) is 25.3 Å². The molecule has 0 radical (unpaired) electrons. The fraction of sp³-hybridized carbons (Fsp3) is 0.364. The highest BCUT2D eigenvalue weighted by atomic mass is 79.9. The standard InChI is InChI=1S/C11H13BrN2O2S2/c1-8-5-14(2)13-10(8)7-18(15,16)6-9-3-4-11(12)17-9/h3-5H,6-7H2,1-2H3. The number of hydrogen-bond acceptors (Lipinski definition) is 4. The maximum atomic E-state index is 12.1. The summed E-state index contributed by atoms with van der Waals surface area (Å²) in [4.78, 5) is 0.843. The van der Waals surface area contributed by atoms with Crippen molar-refractivity contribution in [3.05, 3.63) is 38.3 Å². The Balaban J connectivity index is 2.15. The third kappa shape index (κ3) is 3.43. The summed E-state index contributed by atoms with van der Waals surface area (Å²) < 4.78 is 26.8. The van der Waals surface area contributed by atoms with Crippen molar-refractivity contribution in [2.45, 2.75) is 18.4 Å². The summed E-state index contributed by atoms with van der Waals surface area (Å²) in [6, 6.07) is 3.69. The summed E-state index contributed by atoms with van der Waals surface area (Å²) in [7, 11) is -1.38. The highest BCUT2D eigenvalue weighted by molar-refractivity contribution is 9.11. The number of halogens is 1. The number of sulfone groups is 1. The fourth-order valence-electron chi connectivity index (χ4n) is 1.70. The van der Waals surface area contributed by atoms with Gasteiger partial charge in [0.25, 0.3) is 0 Å². The number of thiophene rings is 1. The Bertz CT molecular complexity index is 658. The van der Waals surface area contributed by atoms with Crippen molar-refractivity contribution in [2.24, 2.45) is 7.05 Å². The first kappa shape index (κ1) is 13.8. The van der Waals surface area contributed by atoms with Gasteiger partial charge in [-0.1, -0.05) is 0 Å². The van der Waals surface area contributed by atoms with E-state index >= 15 is 0 Å². The van der Waals surface area contributed by atoms with Gasteiger partial charge in [-0.2, -0.15) is 5.10 Å². The predicted octanol–water partition coefficient (Wildman–Crippen LogP) is 2.67. The summed E-state index contributed by atoms with van der Waals surface area (Å²) in [5.41, 5.74) is 1.54. The second-order valence-electron chi connectivity index (χ2n) is 4.17. The van der Waals surface area contributed by atoms with E-state index in [0.717, 1.165) is 14.2 Å². The Morgan fingerprint density at radius 3 is 2.61 bits per heavy atom. The molecule has 0 fully saturated rings. The van der Waals surface area contributed by atoms with E-state index in [0.29, 0.717) is 5.69 Å².